The second kappa shape index (κ2) is 9.72. The summed E-state index contributed by atoms with van der Waals surface area (Å²) in [5.74, 6) is -0.630. The van der Waals surface area contributed by atoms with Gasteiger partial charge in [0.2, 0.25) is 5.91 Å². The Balaban J connectivity index is 1.47. The SMILES string of the molecule is CN1CCc2c(sc3nc(SCC(=O)Nc4cccc(C(F)(F)F)c4)n(-c4ccccc4)c(=O)c23)C1. The van der Waals surface area contributed by atoms with Crippen LogP contribution >= 0.6 is 23.1 Å². The van der Waals surface area contributed by atoms with Crippen molar-refractivity contribution in [2.45, 2.75) is 24.3 Å². The van der Waals surface area contributed by atoms with Crippen molar-refractivity contribution in [3.05, 3.63) is 81.0 Å². The first-order valence-electron chi connectivity index (χ1n) is 11.1. The third-order valence-electron chi connectivity index (χ3n) is 5.85. The van der Waals surface area contributed by atoms with Gasteiger partial charge in [0, 0.05) is 23.7 Å². The van der Waals surface area contributed by atoms with Crippen LogP contribution in [0.25, 0.3) is 15.9 Å². The Morgan fingerprint density at radius 2 is 1.94 bits per heavy atom. The number of alkyl halides is 3. The third-order valence-corrected chi connectivity index (χ3v) is 7.90. The molecule has 0 fully saturated rings. The Morgan fingerprint density at radius 3 is 2.69 bits per heavy atom. The van der Waals surface area contributed by atoms with Gasteiger partial charge in [-0.1, -0.05) is 36.0 Å². The maximum absolute atomic E-state index is 13.7. The van der Waals surface area contributed by atoms with Crippen LogP contribution in [0.1, 0.15) is 16.0 Å². The molecule has 1 N–H and O–H groups in total. The predicted molar refractivity (Wildman–Crippen MR) is 136 cm³/mol. The number of likely N-dealkylation sites (N-methyl/N-ethyl adjacent to an activating group) is 1. The molecule has 0 radical (unpaired) electrons. The van der Waals surface area contributed by atoms with Crippen LogP contribution in [0.2, 0.25) is 0 Å². The molecule has 0 spiro atoms. The van der Waals surface area contributed by atoms with Crippen LogP contribution in [0.3, 0.4) is 0 Å². The van der Waals surface area contributed by atoms with E-state index in [4.69, 9.17) is 4.98 Å². The zero-order valence-corrected chi connectivity index (χ0v) is 20.8. The van der Waals surface area contributed by atoms with E-state index in [2.05, 4.69) is 10.2 Å². The number of hydrogen-bond acceptors (Lipinski definition) is 6. The Bertz CT molecular complexity index is 1500. The monoisotopic (exact) mass is 530 g/mol. The lowest BCUT2D eigenvalue weighted by Crippen LogP contribution is -2.27. The van der Waals surface area contributed by atoms with Gasteiger partial charge in [-0.25, -0.2) is 4.98 Å². The molecule has 0 unspecified atom stereocenters. The summed E-state index contributed by atoms with van der Waals surface area (Å²) in [6.07, 6.45) is -3.74. The van der Waals surface area contributed by atoms with Crippen molar-refractivity contribution < 1.29 is 18.0 Å². The number of carbonyl (C=O) groups is 1. The van der Waals surface area contributed by atoms with Crippen molar-refractivity contribution in [1.82, 2.24) is 14.5 Å². The number of para-hydroxylation sites is 1. The van der Waals surface area contributed by atoms with Crippen molar-refractivity contribution in [1.29, 1.82) is 0 Å². The molecule has 1 aliphatic rings. The van der Waals surface area contributed by atoms with E-state index < -0.39 is 17.6 Å². The summed E-state index contributed by atoms with van der Waals surface area (Å²) in [5.41, 5.74) is 0.688. The van der Waals surface area contributed by atoms with Gasteiger partial charge in [0.15, 0.2) is 5.16 Å². The molecule has 4 aromatic rings. The number of aromatic nitrogens is 2. The molecule has 11 heteroatoms. The first-order valence-corrected chi connectivity index (χ1v) is 12.9. The standard InChI is InChI=1S/C25H21F3N4O2S2/c1-31-11-10-18-19(13-31)36-22-21(18)23(34)32(17-8-3-2-4-9-17)24(30-22)35-14-20(33)29-16-7-5-6-15(12-16)25(26,27)28/h2-9,12H,10-11,13-14H2,1H3,(H,29,33). The summed E-state index contributed by atoms with van der Waals surface area (Å²) >= 11 is 2.56. The van der Waals surface area contributed by atoms with Crippen LogP contribution in [0.5, 0.6) is 0 Å². The minimum Gasteiger partial charge on any atom is -0.325 e. The Kier molecular flexibility index (Phi) is 6.62. The second-order valence-corrected chi connectivity index (χ2v) is 10.5. The van der Waals surface area contributed by atoms with Gasteiger partial charge >= 0.3 is 6.18 Å². The molecule has 6 nitrogen and oxygen atoms in total. The summed E-state index contributed by atoms with van der Waals surface area (Å²) < 4.78 is 40.5. The summed E-state index contributed by atoms with van der Waals surface area (Å²) in [7, 11) is 2.04. The fourth-order valence-electron chi connectivity index (χ4n) is 4.15. The third kappa shape index (κ3) is 4.91. The van der Waals surface area contributed by atoms with Crippen LogP contribution in [0, 0.1) is 0 Å². The molecule has 0 bridgehead atoms. The molecule has 0 aliphatic carbocycles. The molecule has 3 heterocycles. The number of benzene rings is 2. The van der Waals surface area contributed by atoms with Gasteiger partial charge in [-0.15, -0.1) is 11.3 Å². The van der Waals surface area contributed by atoms with E-state index in [1.54, 1.807) is 12.1 Å². The number of anilines is 1. The summed E-state index contributed by atoms with van der Waals surface area (Å²) in [5, 5.41) is 3.47. The quantitative estimate of drug-likeness (QED) is 0.284. The lowest BCUT2D eigenvalue weighted by molar-refractivity contribution is -0.137. The van der Waals surface area contributed by atoms with E-state index in [1.807, 2.05) is 25.2 Å². The molecule has 5 rings (SSSR count). The minimum atomic E-state index is -4.50. The average molecular weight is 531 g/mol. The lowest BCUT2D eigenvalue weighted by atomic mass is 10.1. The first-order chi connectivity index (χ1) is 17.2. The largest absolute Gasteiger partial charge is 0.416 e. The Labute approximate surface area is 212 Å². The van der Waals surface area contributed by atoms with Gasteiger partial charge in [-0.2, -0.15) is 13.2 Å². The number of thiophene rings is 1. The second-order valence-electron chi connectivity index (χ2n) is 8.46. The van der Waals surface area contributed by atoms with Gasteiger partial charge in [0.05, 0.1) is 22.4 Å². The normalized spacial score (nSPS) is 14.1. The minimum absolute atomic E-state index is 0.0503. The fraction of sp³-hybridized carbons (Fsp3) is 0.240. The molecule has 186 valence electrons. The maximum atomic E-state index is 13.7. The number of fused-ring (bicyclic) bond motifs is 3. The average Bonchev–Trinajstić information content (AvgIpc) is 3.20. The topological polar surface area (TPSA) is 67.2 Å². The Morgan fingerprint density at radius 1 is 1.17 bits per heavy atom. The van der Waals surface area contributed by atoms with E-state index >= 15 is 0 Å². The van der Waals surface area contributed by atoms with Crippen molar-refractivity contribution in [2.24, 2.45) is 0 Å². The summed E-state index contributed by atoms with van der Waals surface area (Å²) in [6, 6.07) is 13.6. The highest BCUT2D eigenvalue weighted by molar-refractivity contribution is 7.99. The van der Waals surface area contributed by atoms with Crippen LogP contribution in [0.15, 0.2) is 64.5 Å². The molecule has 1 aliphatic heterocycles. The molecule has 36 heavy (non-hydrogen) atoms. The van der Waals surface area contributed by atoms with Gasteiger partial charge in [0.1, 0.15) is 4.83 Å². The van der Waals surface area contributed by atoms with Crippen LogP contribution < -0.4 is 10.9 Å². The zero-order chi connectivity index (χ0) is 25.4. The molecule has 0 saturated carbocycles. The number of hydrogen-bond donors (Lipinski definition) is 1. The number of nitrogens with zero attached hydrogens (tertiary/aromatic N) is 3. The van der Waals surface area contributed by atoms with Gasteiger partial charge in [0.25, 0.3) is 5.56 Å². The molecular formula is C25H21F3N4O2S2. The van der Waals surface area contributed by atoms with E-state index in [0.717, 1.165) is 53.8 Å². The Hall–Kier alpha value is -3.15. The number of carbonyl (C=O) groups excluding carboxylic acids is 1. The number of halogens is 3. The van der Waals surface area contributed by atoms with Crippen LogP contribution in [-0.2, 0) is 23.9 Å². The van der Waals surface area contributed by atoms with Gasteiger partial charge < -0.3 is 10.2 Å². The smallest absolute Gasteiger partial charge is 0.325 e. The molecule has 0 atom stereocenters. The van der Waals surface area contributed by atoms with E-state index in [-0.39, 0.29) is 17.0 Å². The molecule has 1 amide bonds. The number of rotatable bonds is 5. The van der Waals surface area contributed by atoms with Crippen LogP contribution in [-0.4, -0.2) is 39.7 Å². The van der Waals surface area contributed by atoms with Crippen molar-refractivity contribution in [3.63, 3.8) is 0 Å². The van der Waals surface area contributed by atoms with Crippen molar-refractivity contribution >= 4 is 44.9 Å². The van der Waals surface area contributed by atoms with Crippen LogP contribution in [0.4, 0.5) is 18.9 Å². The first kappa shape index (κ1) is 24.5. The maximum Gasteiger partial charge on any atom is 0.416 e. The van der Waals surface area contributed by atoms with Gasteiger partial charge in [-0.05, 0) is 49.4 Å². The van der Waals surface area contributed by atoms with E-state index in [1.165, 1.54) is 28.0 Å². The highest BCUT2D eigenvalue weighted by Gasteiger charge is 2.30. The fourth-order valence-corrected chi connectivity index (χ4v) is 6.31. The lowest BCUT2D eigenvalue weighted by Gasteiger charge is -2.21. The van der Waals surface area contributed by atoms with E-state index in [0.29, 0.717) is 21.1 Å². The summed E-state index contributed by atoms with van der Waals surface area (Å²) in [4.78, 5) is 35.0. The highest BCUT2D eigenvalue weighted by Crippen LogP contribution is 2.34. The molecule has 2 aromatic carbocycles. The summed E-state index contributed by atoms with van der Waals surface area (Å²) in [6.45, 7) is 1.61. The molecule has 2 aromatic heterocycles. The van der Waals surface area contributed by atoms with E-state index in [9.17, 15) is 22.8 Å². The number of thioether (sulfide) groups is 1. The van der Waals surface area contributed by atoms with Crippen molar-refractivity contribution in [3.8, 4) is 5.69 Å². The number of amides is 1. The zero-order valence-electron chi connectivity index (χ0n) is 19.1. The molecular weight excluding hydrogens is 509 g/mol. The predicted octanol–water partition coefficient (Wildman–Crippen LogP) is 5.18. The highest BCUT2D eigenvalue weighted by atomic mass is 32.2. The van der Waals surface area contributed by atoms with Crippen molar-refractivity contribution in [2.75, 3.05) is 24.7 Å². The number of nitrogens with one attached hydrogen (secondary N) is 1. The molecule has 0 saturated heterocycles. The van der Waals surface area contributed by atoms with Gasteiger partial charge in [-0.3, -0.25) is 14.2 Å².